The summed E-state index contributed by atoms with van der Waals surface area (Å²) in [5.74, 6) is 1.01. The lowest BCUT2D eigenvalue weighted by Crippen LogP contribution is -1.93. The largest absolute Gasteiger partial charge is 0.0651 e. The van der Waals surface area contributed by atoms with E-state index >= 15 is 0 Å². The summed E-state index contributed by atoms with van der Waals surface area (Å²) in [6.07, 6.45) is 6.73. The van der Waals surface area contributed by atoms with Crippen molar-refractivity contribution in [3.05, 3.63) is 34.9 Å². The molecule has 0 unspecified atom stereocenters. The normalized spacial score (nSPS) is 15.9. The molecule has 14 heavy (non-hydrogen) atoms. The van der Waals surface area contributed by atoms with Crippen LogP contribution in [0.5, 0.6) is 0 Å². The monoisotopic (exact) mass is 188 g/mol. The molecule has 2 rings (SSSR count). The van der Waals surface area contributed by atoms with Gasteiger partial charge in [-0.05, 0) is 55.2 Å². The smallest absolute Gasteiger partial charge is 0.0250 e. The van der Waals surface area contributed by atoms with Crippen molar-refractivity contribution in [1.29, 1.82) is 0 Å². The molecule has 0 aliphatic heterocycles. The summed E-state index contributed by atoms with van der Waals surface area (Å²) in [6, 6.07) is 7.03. The molecule has 0 heteroatoms. The first-order chi connectivity index (χ1) is 6.79. The summed E-state index contributed by atoms with van der Waals surface area (Å²) in [6.45, 7) is 4.49. The van der Waals surface area contributed by atoms with E-state index < -0.39 is 0 Å². The van der Waals surface area contributed by atoms with E-state index in [1.54, 1.807) is 11.1 Å². The van der Waals surface area contributed by atoms with Crippen LogP contribution in [0.1, 0.15) is 42.9 Å². The van der Waals surface area contributed by atoms with E-state index in [1.807, 2.05) is 0 Å². The van der Waals surface area contributed by atoms with Gasteiger partial charge in [-0.25, -0.2) is 0 Å². The van der Waals surface area contributed by atoms with Gasteiger partial charge < -0.3 is 0 Å². The van der Waals surface area contributed by atoms with Gasteiger partial charge in [0.25, 0.3) is 0 Å². The second-order valence-electron chi connectivity index (χ2n) is 4.66. The Bertz CT molecular complexity index is 308. The fourth-order valence-electron chi connectivity index (χ4n) is 2.05. The maximum Gasteiger partial charge on any atom is -0.0250 e. The molecular formula is C14H20. The Labute approximate surface area is 87.3 Å². The van der Waals surface area contributed by atoms with Gasteiger partial charge >= 0.3 is 0 Å². The van der Waals surface area contributed by atoms with Crippen LogP contribution in [0.25, 0.3) is 0 Å². The van der Waals surface area contributed by atoms with Gasteiger partial charge in [-0.3, -0.25) is 0 Å². The number of rotatable bonds is 4. The molecule has 0 aromatic heterocycles. The van der Waals surface area contributed by atoms with Gasteiger partial charge in [0.05, 0.1) is 0 Å². The van der Waals surface area contributed by atoms with Gasteiger partial charge in [-0.1, -0.05) is 31.5 Å². The first kappa shape index (κ1) is 9.76. The van der Waals surface area contributed by atoms with Crippen molar-refractivity contribution >= 4 is 0 Å². The van der Waals surface area contributed by atoms with E-state index in [0.717, 1.165) is 5.92 Å². The zero-order valence-corrected chi connectivity index (χ0v) is 9.34. The van der Waals surface area contributed by atoms with Crippen LogP contribution >= 0.6 is 0 Å². The number of hydrogen-bond acceptors (Lipinski definition) is 0. The van der Waals surface area contributed by atoms with E-state index in [9.17, 15) is 0 Å². The van der Waals surface area contributed by atoms with E-state index in [1.165, 1.54) is 37.7 Å². The van der Waals surface area contributed by atoms with E-state index in [-0.39, 0.29) is 0 Å². The second-order valence-corrected chi connectivity index (χ2v) is 4.66. The van der Waals surface area contributed by atoms with Crippen molar-refractivity contribution in [2.75, 3.05) is 0 Å². The van der Waals surface area contributed by atoms with E-state index in [2.05, 4.69) is 32.0 Å². The molecule has 76 valence electrons. The fraction of sp³-hybridized carbons (Fsp3) is 0.571. The Hall–Kier alpha value is -0.780. The van der Waals surface area contributed by atoms with Crippen molar-refractivity contribution in [3.8, 4) is 0 Å². The molecule has 1 fully saturated rings. The van der Waals surface area contributed by atoms with Crippen LogP contribution in [0.2, 0.25) is 0 Å². The molecule has 1 aliphatic rings. The molecule has 1 aliphatic carbocycles. The molecule has 0 saturated heterocycles. The van der Waals surface area contributed by atoms with Gasteiger partial charge in [-0.2, -0.15) is 0 Å². The van der Waals surface area contributed by atoms with Crippen molar-refractivity contribution in [2.45, 2.75) is 46.0 Å². The van der Waals surface area contributed by atoms with Gasteiger partial charge in [0.15, 0.2) is 0 Å². The lowest BCUT2D eigenvalue weighted by atomic mass is 9.99. The Kier molecular flexibility index (Phi) is 2.90. The minimum Gasteiger partial charge on any atom is -0.0651 e. The van der Waals surface area contributed by atoms with Crippen molar-refractivity contribution < 1.29 is 0 Å². The second kappa shape index (κ2) is 4.16. The summed E-state index contributed by atoms with van der Waals surface area (Å²) in [4.78, 5) is 0. The maximum atomic E-state index is 2.43. The van der Waals surface area contributed by atoms with Crippen LogP contribution in [-0.4, -0.2) is 0 Å². The van der Waals surface area contributed by atoms with Gasteiger partial charge in [0.2, 0.25) is 0 Å². The summed E-state index contributed by atoms with van der Waals surface area (Å²) in [5, 5.41) is 0. The van der Waals surface area contributed by atoms with Crippen LogP contribution in [0, 0.1) is 12.8 Å². The number of benzene rings is 1. The quantitative estimate of drug-likeness (QED) is 0.672. The SMILES string of the molecule is CCCc1cc(CC2CC2)ccc1C. The predicted molar refractivity (Wildman–Crippen MR) is 61.6 cm³/mol. The summed E-state index contributed by atoms with van der Waals surface area (Å²) < 4.78 is 0. The van der Waals surface area contributed by atoms with Crippen molar-refractivity contribution in [2.24, 2.45) is 5.92 Å². The Morgan fingerprint density at radius 3 is 2.71 bits per heavy atom. The van der Waals surface area contributed by atoms with Gasteiger partial charge in [0, 0.05) is 0 Å². The molecule has 0 amide bonds. The highest BCUT2D eigenvalue weighted by atomic mass is 14.3. The minimum absolute atomic E-state index is 1.01. The molecule has 0 nitrogen and oxygen atoms in total. The maximum absolute atomic E-state index is 2.43. The number of hydrogen-bond donors (Lipinski definition) is 0. The molecule has 0 spiro atoms. The Balaban J connectivity index is 2.11. The predicted octanol–water partition coefficient (Wildman–Crippen LogP) is 3.90. The van der Waals surface area contributed by atoms with Crippen LogP contribution in [0.15, 0.2) is 18.2 Å². The van der Waals surface area contributed by atoms with Gasteiger partial charge in [0.1, 0.15) is 0 Å². The van der Waals surface area contributed by atoms with Gasteiger partial charge in [-0.15, -0.1) is 0 Å². The molecule has 0 radical (unpaired) electrons. The summed E-state index contributed by atoms with van der Waals surface area (Å²) in [7, 11) is 0. The van der Waals surface area contributed by atoms with Crippen LogP contribution in [0.3, 0.4) is 0 Å². The van der Waals surface area contributed by atoms with Crippen molar-refractivity contribution in [3.63, 3.8) is 0 Å². The lowest BCUT2D eigenvalue weighted by Gasteiger charge is -2.07. The molecule has 1 saturated carbocycles. The molecule has 0 N–H and O–H groups in total. The highest BCUT2D eigenvalue weighted by molar-refractivity contribution is 5.31. The molecule has 1 aromatic carbocycles. The standard InChI is InChI=1S/C14H20/c1-3-4-14-10-13(6-5-11(14)2)9-12-7-8-12/h5-6,10,12H,3-4,7-9H2,1-2H3. The zero-order valence-electron chi connectivity index (χ0n) is 9.34. The topological polar surface area (TPSA) is 0 Å². The van der Waals surface area contributed by atoms with E-state index in [4.69, 9.17) is 0 Å². The average molecular weight is 188 g/mol. The third-order valence-corrected chi connectivity index (χ3v) is 3.15. The van der Waals surface area contributed by atoms with E-state index in [0.29, 0.717) is 0 Å². The summed E-state index contributed by atoms with van der Waals surface area (Å²) in [5.41, 5.74) is 4.58. The molecule has 0 atom stereocenters. The first-order valence-corrected chi connectivity index (χ1v) is 5.88. The Morgan fingerprint density at radius 2 is 2.07 bits per heavy atom. The highest BCUT2D eigenvalue weighted by Crippen LogP contribution is 2.32. The van der Waals surface area contributed by atoms with Crippen molar-refractivity contribution in [1.82, 2.24) is 0 Å². The van der Waals surface area contributed by atoms with Crippen LogP contribution in [-0.2, 0) is 12.8 Å². The minimum atomic E-state index is 1.01. The average Bonchev–Trinajstić information content (AvgIpc) is 2.95. The first-order valence-electron chi connectivity index (χ1n) is 5.88. The molecule has 0 bridgehead atoms. The lowest BCUT2D eigenvalue weighted by molar-refractivity contribution is 0.825. The third-order valence-electron chi connectivity index (χ3n) is 3.15. The fourth-order valence-corrected chi connectivity index (χ4v) is 2.05. The molecular weight excluding hydrogens is 168 g/mol. The van der Waals surface area contributed by atoms with Crippen LogP contribution in [0.4, 0.5) is 0 Å². The number of aryl methyl sites for hydroxylation is 2. The van der Waals surface area contributed by atoms with Crippen LogP contribution < -0.4 is 0 Å². The Morgan fingerprint density at radius 1 is 1.29 bits per heavy atom. The third kappa shape index (κ3) is 2.37. The zero-order chi connectivity index (χ0) is 9.97. The molecule has 1 aromatic rings. The summed E-state index contributed by atoms with van der Waals surface area (Å²) >= 11 is 0. The highest BCUT2D eigenvalue weighted by Gasteiger charge is 2.21. The molecule has 0 heterocycles.